The third kappa shape index (κ3) is 2.60. The quantitative estimate of drug-likeness (QED) is 0.753. The molecule has 1 heterocycles. The normalized spacial score (nSPS) is 21.0. The molecule has 0 radical (unpaired) electrons. The minimum atomic E-state index is 0.287. The molecule has 2 heteroatoms. The number of hydrogen-bond donors (Lipinski definition) is 0. The van der Waals surface area contributed by atoms with Gasteiger partial charge in [-0.15, -0.1) is 0 Å². The SMILES string of the molecule is COc1ccccc1/C=C/C1CCCO1. The van der Waals surface area contributed by atoms with Crippen molar-refractivity contribution in [2.45, 2.75) is 18.9 Å². The summed E-state index contributed by atoms with van der Waals surface area (Å²) in [6, 6.07) is 8.00. The summed E-state index contributed by atoms with van der Waals surface area (Å²) in [6.45, 7) is 0.890. The maximum absolute atomic E-state index is 5.52. The molecule has 15 heavy (non-hydrogen) atoms. The molecule has 0 amide bonds. The second-order valence-corrected chi connectivity index (χ2v) is 3.65. The first kappa shape index (κ1) is 10.2. The zero-order chi connectivity index (χ0) is 10.5. The second-order valence-electron chi connectivity index (χ2n) is 3.65. The van der Waals surface area contributed by atoms with E-state index in [0.717, 1.165) is 24.3 Å². The fourth-order valence-electron chi connectivity index (χ4n) is 1.77. The fraction of sp³-hybridized carbons (Fsp3) is 0.385. The van der Waals surface area contributed by atoms with E-state index in [4.69, 9.17) is 9.47 Å². The molecule has 2 rings (SSSR count). The van der Waals surface area contributed by atoms with Crippen LogP contribution >= 0.6 is 0 Å². The standard InChI is InChI=1S/C13H16O2/c1-14-13-7-3-2-5-11(13)8-9-12-6-4-10-15-12/h2-3,5,7-9,12H,4,6,10H2,1H3/b9-8+. The van der Waals surface area contributed by atoms with Gasteiger partial charge in [0.15, 0.2) is 0 Å². The Kier molecular flexibility index (Phi) is 3.41. The average Bonchev–Trinajstić information content (AvgIpc) is 2.79. The molecule has 1 unspecified atom stereocenters. The van der Waals surface area contributed by atoms with E-state index in [1.165, 1.54) is 6.42 Å². The lowest BCUT2D eigenvalue weighted by Gasteiger charge is -2.05. The summed E-state index contributed by atoms with van der Waals surface area (Å²) in [5.41, 5.74) is 1.11. The third-order valence-electron chi connectivity index (χ3n) is 2.59. The number of methoxy groups -OCH3 is 1. The fourth-order valence-corrected chi connectivity index (χ4v) is 1.77. The van der Waals surface area contributed by atoms with E-state index in [1.807, 2.05) is 24.3 Å². The van der Waals surface area contributed by atoms with Crippen molar-refractivity contribution in [3.63, 3.8) is 0 Å². The van der Waals surface area contributed by atoms with Crippen molar-refractivity contribution in [1.82, 2.24) is 0 Å². The summed E-state index contributed by atoms with van der Waals surface area (Å²) in [5.74, 6) is 0.909. The van der Waals surface area contributed by atoms with Crippen molar-refractivity contribution in [2.75, 3.05) is 13.7 Å². The lowest BCUT2D eigenvalue weighted by Crippen LogP contribution is -1.98. The number of benzene rings is 1. The highest BCUT2D eigenvalue weighted by atomic mass is 16.5. The Bertz CT molecular complexity index is 338. The van der Waals surface area contributed by atoms with E-state index in [2.05, 4.69) is 12.2 Å². The molecule has 1 aromatic carbocycles. The predicted octanol–water partition coefficient (Wildman–Crippen LogP) is 2.89. The molecule has 1 aliphatic rings. The third-order valence-corrected chi connectivity index (χ3v) is 2.59. The molecule has 0 N–H and O–H groups in total. The van der Waals surface area contributed by atoms with Crippen LogP contribution in [-0.4, -0.2) is 19.8 Å². The first-order valence-electron chi connectivity index (χ1n) is 5.33. The molecule has 0 aliphatic carbocycles. The zero-order valence-electron chi connectivity index (χ0n) is 8.98. The van der Waals surface area contributed by atoms with Crippen LogP contribution < -0.4 is 4.74 Å². The Morgan fingerprint density at radius 2 is 2.27 bits per heavy atom. The van der Waals surface area contributed by atoms with Gasteiger partial charge in [0.25, 0.3) is 0 Å². The maximum atomic E-state index is 5.52. The van der Waals surface area contributed by atoms with E-state index in [1.54, 1.807) is 7.11 Å². The summed E-state index contributed by atoms with van der Waals surface area (Å²) >= 11 is 0. The molecule has 1 saturated heterocycles. The minimum Gasteiger partial charge on any atom is -0.496 e. The highest BCUT2D eigenvalue weighted by Gasteiger charge is 2.11. The van der Waals surface area contributed by atoms with Gasteiger partial charge in [-0.05, 0) is 18.9 Å². The van der Waals surface area contributed by atoms with Gasteiger partial charge in [-0.1, -0.05) is 30.4 Å². The van der Waals surface area contributed by atoms with E-state index in [9.17, 15) is 0 Å². The summed E-state index contributed by atoms with van der Waals surface area (Å²) < 4.78 is 10.8. The van der Waals surface area contributed by atoms with Crippen LogP contribution in [0.3, 0.4) is 0 Å². The van der Waals surface area contributed by atoms with Crippen LogP contribution in [0.4, 0.5) is 0 Å². The number of rotatable bonds is 3. The number of para-hydroxylation sites is 1. The van der Waals surface area contributed by atoms with Crippen LogP contribution in [0.15, 0.2) is 30.3 Å². The number of hydrogen-bond acceptors (Lipinski definition) is 2. The van der Waals surface area contributed by atoms with Crippen LogP contribution in [-0.2, 0) is 4.74 Å². The van der Waals surface area contributed by atoms with Crippen molar-refractivity contribution in [3.8, 4) is 5.75 Å². The second kappa shape index (κ2) is 4.99. The van der Waals surface area contributed by atoms with Crippen LogP contribution in [0.1, 0.15) is 18.4 Å². The van der Waals surface area contributed by atoms with E-state index in [0.29, 0.717) is 0 Å². The Hall–Kier alpha value is -1.28. The van der Waals surface area contributed by atoms with Gasteiger partial charge in [0.2, 0.25) is 0 Å². The first-order chi connectivity index (χ1) is 7.40. The van der Waals surface area contributed by atoms with E-state index < -0.39 is 0 Å². The molecule has 1 aliphatic heterocycles. The number of ether oxygens (including phenoxy) is 2. The van der Waals surface area contributed by atoms with E-state index in [-0.39, 0.29) is 6.10 Å². The Labute approximate surface area is 90.5 Å². The topological polar surface area (TPSA) is 18.5 Å². The molecule has 1 aromatic rings. The highest BCUT2D eigenvalue weighted by molar-refractivity contribution is 5.57. The van der Waals surface area contributed by atoms with Crippen molar-refractivity contribution in [2.24, 2.45) is 0 Å². The van der Waals surface area contributed by atoms with Gasteiger partial charge < -0.3 is 9.47 Å². The molecule has 0 aromatic heterocycles. The summed E-state index contributed by atoms with van der Waals surface area (Å²) in [7, 11) is 1.69. The molecule has 0 saturated carbocycles. The van der Waals surface area contributed by atoms with Gasteiger partial charge in [-0.25, -0.2) is 0 Å². The largest absolute Gasteiger partial charge is 0.496 e. The van der Waals surface area contributed by atoms with Crippen molar-refractivity contribution in [1.29, 1.82) is 0 Å². The Morgan fingerprint density at radius 3 is 3.00 bits per heavy atom. The van der Waals surface area contributed by atoms with Gasteiger partial charge in [0.05, 0.1) is 13.2 Å². The summed E-state index contributed by atoms with van der Waals surface area (Å²) in [5, 5.41) is 0. The first-order valence-corrected chi connectivity index (χ1v) is 5.33. The van der Waals surface area contributed by atoms with Gasteiger partial charge in [-0.2, -0.15) is 0 Å². The van der Waals surface area contributed by atoms with Gasteiger partial charge in [-0.3, -0.25) is 0 Å². The molecule has 0 bridgehead atoms. The minimum absolute atomic E-state index is 0.287. The summed E-state index contributed by atoms with van der Waals surface area (Å²) in [4.78, 5) is 0. The van der Waals surface area contributed by atoms with Crippen molar-refractivity contribution in [3.05, 3.63) is 35.9 Å². The highest BCUT2D eigenvalue weighted by Crippen LogP contribution is 2.20. The Morgan fingerprint density at radius 1 is 1.40 bits per heavy atom. The van der Waals surface area contributed by atoms with Crippen LogP contribution in [0.2, 0.25) is 0 Å². The van der Waals surface area contributed by atoms with E-state index >= 15 is 0 Å². The predicted molar refractivity (Wildman–Crippen MR) is 61.0 cm³/mol. The summed E-state index contributed by atoms with van der Waals surface area (Å²) in [6.07, 6.45) is 6.78. The Balaban J connectivity index is 2.08. The molecule has 1 atom stereocenters. The molecule has 2 nitrogen and oxygen atoms in total. The molecule has 0 spiro atoms. The maximum Gasteiger partial charge on any atom is 0.126 e. The van der Waals surface area contributed by atoms with Crippen molar-refractivity contribution < 1.29 is 9.47 Å². The lowest BCUT2D eigenvalue weighted by atomic mass is 10.1. The zero-order valence-corrected chi connectivity index (χ0v) is 8.98. The van der Waals surface area contributed by atoms with Gasteiger partial charge >= 0.3 is 0 Å². The monoisotopic (exact) mass is 204 g/mol. The van der Waals surface area contributed by atoms with Crippen LogP contribution in [0, 0.1) is 0 Å². The molecular weight excluding hydrogens is 188 g/mol. The van der Waals surface area contributed by atoms with Crippen LogP contribution in [0.25, 0.3) is 6.08 Å². The average molecular weight is 204 g/mol. The van der Waals surface area contributed by atoms with Crippen LogP contribution in [0.5, 0.6) is 5.75 Å². The lowest BCUT2D eigenvalue weighted by molar-refractivity contribution is 0.146. The molecule has 1 fully saturated rings. The molecule has 80 valence electrons. The van der Waals surface area contributed by atoms with Gasteiger partial charge in [0, 0.05) is 12.2 Å². The van der Waals surface area contributed by atoms with Crippen molar-refractivity contribution >= 4 is 6.08 Å². The molecular formula is C13H16O2. The van der Waals surface area contributed by atoms with Gasteiger partial charge in [0.1, 0.15) is 5.75 Å². The smallest absolute Gasteiger partial charge is 0.126 e.